The molecule has 0 bridgehead atoms. The van der Waals surface area contributed by atoms with E-state index in [2.05, 4.69) is 15.3 Å². The Kier molecular flexibility index (Phi) is 3.27. The molecule has 0 saturated carbocycles. The molecular weight excluding hydrogens is 326 g/mol. The number of amides is 1. The van der Waals surface area contributed by atoms with Crippen LogP contribution in [0.4, 0.5) is 16.4 Å². The van der Waals surface area contributed by atoms with Gasteiger partial charge in [0.25, 0.3) is 5.56 Å². The number of aryl methyl sites for hydroxylation is 2. The predicted octanol–water partition coefficient (Wildman–Crippen LogP) is 0.684. The highest BCUT2D eigenvalue weighted by Crippen LogP contribution is 2.30. The molecule has 1 fully saturated rings. The predicted molar refractivity (Wildman–Crippen MR) is 91.3 cm³/mol. The van der Waals surface area contributed by atoms with Crippen LogP contribution in [0.1, 0.15) is 6.92 Å². The molecule has 10 nitrogen and oxygen atoms in total. The van der Waals surface area contributed by atoms with E-state index in [1.54, 1.807) is 28.6 Å². The third-order valence-electron chi connectivity index (χ3n) is 4.33. The highest BCUT2D eigenvalue weighted by atomic mass is 16.6. The van der Waals surface area contributed by atoms with Crippen LogP contribution in [0.2, 0.25) is 0 Å². The van der Waals surface area contributed by atoms with Crippen molar-refractivity contribution in [1.29, 1.82) is 0 Å². The number of hydrogen-bond acceptors (Lipinski definition) is 6. The summed E-state index contributed by atoms with van der Waals surface area (Å²) in [5.41, 5.74) is 7.47. The fraction of sp³-hybridized carbons (Fsp3) is 0.333. The maximum atomic E-state index is 12.5. The fourth-order valence-electron chi connectivity index (χ4n) is 3.06. The number of H-pyrrole nitrogens is 1. The first-order chi connectivity index (χ1) is 12.0. The molecule has 1 aliphatic heterocycles. The lowest BCUT2D eigenvalue weighted by atomic mass is 10.1. The highest BCUT2D eigenvalue weighted by molar-refractivity contribution is 5.98. The minimum atomic E-state index is -0.399. The lowest BCUT2D eigenvalue weighted by Gasteiger charge is -2.11. The van der Waals surface area contributed by atoms with Gasteiger partial charge in [-0.15, -0.1) is 0 Å². The second-order valence-electron chi connectivity index (χ2n) is 5.77. The van der Waals surface area contributed by atoms with E-state index >= 15 is 0 Å². The Labute approximate surface area is 141 Å². The lowest BCUT2D eigenvalue weighted by Crippen LogP contribution is -2.25. The number of hydrogen-bond donors (Lipinski definition) is 2. The fourth-order valence-corrected chi connectivity index (χ4v) is 3.06. The molecule has 4 rings (SSSR count). The van der Waals surface area contributed by atoms with Crippen LogP contribution in [0.5, 0.6) is 0 Å². The van der Waals surface area contributed by atoms with Gasteiger partial charge in [-0.3, -0.25) is 19.5 Å². The number of pyridine rings is 1. The molecule has 1 saturated heterocycles. The molecule has 0 unspecified atom stereocenters. The summed E-state index contributed by atoms with van der Waals surface area (Å²) in [4.78, 5) is 25.8. The number of nitrogens with two attached hydrogens (primary N) is 1. The number of carbonyl (C=O) groups is 1. The molecule has 0 aliphatic carbocycles. The van der Waals surface area contributed by atoms with E-state index in [1.807, 2.05) is 6.92 Å². The molecule has 1 amide bonds. The Hall–Kier alpha value is -3.30. The van der Waals surface area contributed by atoms with Crippen LogP contribution >= 0.6 is 0 Å². The van der Waals surface area contributed by atoms with E-state index < -0.39 is 6.09 Å². The summed E-state index contributed by atoms with van der Waals surface area (Å²) in [6, 6.07) is 1.78. The quantitative estimate of drug-likeness (QED) is 0.721. The van der Waals surface area contributed by atoms with Gasteiger partial charge in [0.1, 0.15) is 17.8 Å². The van der Waals surface area contributed by atoms with Gasteiger partial charge in [-0.05, 0) is 6.92 Å². The van der Waals surface area contributed by atoms with Crippen molar-refractivity contribution < 1.29 is 9.53 Å². The highest BCUT2D eigenvalue weighted by Gasteiger charge is 2.27. The Morgan fingerprint density at radius 3 is 2.88 bits per heavy atom. The second-order valence-corrected chi connectivity index (χ2v) is 5.77. The summed E-state index contributed by atoms with van der Waals surface area (Å²) in [5, 5.41) is 11.6. The van der Waals surface area contributed by atoms with Gasteiger partial charge in [-0.25, -0.2) is 4.79 Å². The maximum Gasteiger partial charge on any atom is 0.415 e. The van der Waals surface area contributed by atoms with Crippen molar-refractivity contribution >= 4 is 28.6 Å². The van der Waals surface area contributed by atoms with E-state index in [-0.39, 0.29) is 11.4 Å². The monoisotopic (exact) mass is 343 g/mol. The number of nitrogens with zero attached hydrogens (tertiary/aromatic N) is 5. The van der Waals surface area contributed by atoms with Gasteiger partial charge in [0, 0.05) is 31.4 Å². The van der Waals surface area contributed by atoms with E-state index in [1.165, 1.54) is 4.90 Å². The van der Waals surface area contributed by atoms with Crippen LogP contribution in [0.25, 0.3) is 22.2 Å². The smallest absolute Gasteiger partial charge is 0.415 e. The SMILES string of the molecule is CCn1cc(-c2cc(N3CCOC3=O)n(C)n2)c2[nH]nc(N)c2c1=O. The van der Waals surface area contributed by atoms with Crippen molar-refractivity contribution in [2.45, 2.75) is 13.5 Å². The average molecular weight is 343 g/mol. The maximum absolute atomic E-state index is 12.5. The van der Waals surface area contributed by atoms with Crippen LogP contribution in [-0.4, -0.2) is 43.8 Å². The van der Waals surface area contributed by atoms with Gasteiger partial charge in [-0.2, -0.15) is 10.2 Å². The Bertz CT molecular complexity index is 1050. The number of carbonyl (C=O) groups excluding carboxylic acids is 1. The van der Waals surface area contributed by atoms with Crippen LogP contribution in [0.3, 0.4) is 0 Å². The number of aromatic nitrogens is 5. The molecule has 4 heterocycles. The van der Waals surface area contributed by atoms with Crippen molar-refractivity contribution in [1.82, 2.24) is 24.5 Å². The van der Waals surface area contributed by atoms with E-state index in [4.69, 9.17) is 10.5 Å². The largest absolute Gasteiger partial charge is 0.447 e. The third kappa shape index (κ3) is 2.17. The van der Waals surface area contributed by atoms with Gasteiger partial charge in [0.2, 0.25) is 0 Å². The summed E-state index contributed by atoms with van der Waals surface area (Å²) in [6.07, 6.45) is 1.32. The minimum absolute atomic E-state index is 0.156. The van der Waals surface area contributed by atoms with Crippen molar-refractivity contribution in [3.63, 3.8) is 0 Å². The van der Waals surface area contributed by atoms with Gasteiger partial charge in [0.15, 0.2) is 5.82 Å². The molecular formula is C15H17N7O3. The summed E-state index contributed by atoms with van der Waals surface area (Å²) in [6.45, 7) is 3.18. The zero-order valence-electron chi connectivity index (χ0n) is 13.8. The first kappa shape index (κ1) is 15.2. The number of cyclic esters (lactones) is 1. The van der Waals surface area contributed by atoms with Crippen LogP contribution in [0.15, 0.2) is 17.1 Å². The Morgan fingerprint density at radius 2 is 2.20 bits per heavy atom. The third-order valence-corrected chi connectivity index (χ3v) is 4.33. The number of aromatic amines is 1. The molecule has 0 radical (unpaired) electrons. The lowest BCUT2D eigenvalue weighted by molar-refractivity contribution is 0.181. The Balaban J connectivity index is 1.92. The van der Waals surface area contributed by atoms with E-state index in [0.717, 1.165) is 0 Å². The molecule has 25 heavy (non-hydrogen) atoms. The average Bonchev–Trinajstić information content (AvgIpc) is 3.27. The second kappa shape index (κ2) is 5.36. The van der Waals surface area contributed by atoms with Crippen molar-refractivity contribution in [3.05, 3.63) is 22.6 Å². The summed E-state index contributed by atoms with van der Waals surface area (Å²) in [5.74, 6) is 0.774. The van der Waals surface area contributed by atoms with E-state index in [9.17, 15) is 9.59 Å². The molecule has 130 valence electrons. The number of fused-ring (bicyclic) bond motifs is 1. The van der Waals surface area contributed by atoms with E-state index in [0.29, 0.717) is 47.7 Å². The van der Waals surface area contributed by atoms with Gasteiger partial charge in [0.05, 0.1) is 17.8 Å². The Morgan fingerprint density at radius 1 is 1.40 bits per heavy atom. The summed E-state index contributed by atoms with van der Waals surface area (Å²) in [7, 11) is 1.75. The molecule has 0 aromatic carbocycles. The number of anilines is 2. The number of ether oxygens (including phenoxy) is 1. The molecule has 3 aromatic heterocycles. The molecule has 3 N–H and O–H groups in total. The summed E-state index contributed by atoms with van der Waals surface area (Å²) >= 11 is 0. The normalized spacial score (nSPS) is 14.5. The van der Waals surface area contributed by atoms with Crippen molar-refractivity contribution in [2.24, 2.45) is 7.05 Å². The number of nitrogens with one attached hydrogen (secondary N) is 1. The first-order valence-electron chi connectivity index (χ1n) is 7.87. The van der Waals surface area contributed by atoms with Crippen LogP contribution in [0, 0.1) is 0 Å². The van der Waals surface area contributed by atoms with Gasteiger partial charge in [-0.1, -0.05) is 0 Å². The zero-order chi connectivity index (χ0) is 17.7. The van der Waals surface area contributed by atoms with Crippen LogP contribution in [-0.2, 0) is 18.3 Å². The number of nitrogen functional groups attached to an aromatic ring is 1. The summed E-state index contributed by atoms with van der Waals surface area (Å²) < 4.78 is 8.15. The van der Waals surface area contributed by atoms with Crippen molar-refractivity contribution in [2.75, 3.05) is 23.8 Å². The zero-order valence-corrected chi connectivity index (χ0v) is 13.8. The minimum Gasteiger partial charge on any atom is -0.447 e. The number of rotatable bonds is 3. The van der Waals surface area contributed by atoms with Crippen molar-refractivity contribution in [3.8, 4) is 11.3 Å². The standard InChI is InChI=1S/C15H17N7O3/c1-3-21-7-8(12-11(14(21)23)13(16)18-17-12)9-6-10(20(2)19-9)22-4-5-25-15(22)24/h6-7H,3-5H2,1-2H3,(H3,16,17,18). The molecule has 1 aliphatic rings. The van der Waals surface area contributed by atoms with Gasteiger partial charge < -0.3 is 15.0 Å². The van der Waals surface area contributed by atoms with Gasteiger partial charge >= 0.3 is 6.09 Å². The molecule has 0 atom stereocenters. The van der Waals surface area contributed by atoms with Crippen LogP contribution < -0.4 is 16.2 Å². The topological polar surface area (TPSA) is 124 Å². The molecule has 10 heteroatoms. The molecule has 3 aromatic rings. The molecule has 0 spiro atoms. The first-order valence-corrected chi connectivity index (χ1v) is 7.87.